The van der Waals surface area contributed by atoms with E-state index in [0.29, 0.717) is 29.4 Å². The minimum Gasteiger partial charge on any atom is -0.374 e. The highest BCUT2D eigenvalue weighted by Gasteiger charge is 2.68. The Morgan fingerprint density at radius 3 is 2.56 bits per heavy atom. The van der Waals surface area contributed by atoms with E-state index in [-0.39, 0.29) is 27.3 Å². The van der Waals surface area contributed by atoms with Crippen molar-refractivity contribution < 1.29 is 14.3 Å². The van der Waals surface area contributed by atoms with Gasteiger partial charge in [0, 0.05) is 25.0 Å². The smallest absolute Gasteiger partial charge is 0.186 e. The average Bonchev–Trinajstić information content (AvgIpc) is 2.89. The molecule has 0 aromatic carbocycles. The van der Waals surface area contributed by atoms with E-state index in [4.69, 9.17) is 4.74 Å². The summed E-state index contributed by atoms with van der Waals surface area (Å²) in [5.74, 6) is 2.13. The number of ether oxygens (including phenoxy) is 1. The fourth-order valence-electron chi connectivity index (χ4n) is 7.92. The maximum atomic E-state index is 12.1. The topological polar surface area (TPSA) is 43.4 Å². The number of hydrogen-bond acceptors (Lipinski definition) is 4. The molecular formula is C23H32O3S. The van der Waals surface area contributed by atoms with Crippen molar-refractivity contribution in [3.63, 3.8) is 0 Å². The molecule has 5 aliphatic rings. The normalized spacial score (nSPS) is 51.1. The molecule has 0 radical (unpaired) electrons. The van der Waals surface area contributed by atoms with Crippen LogP contribution in [-0.2, 0) is 14.3 Å². The fraction of sp³-hybridized carbons (Fsp3) is 0.826. The van der Waals surface area contributed by atoms with Crippen LogP contribution in [0, 0.1) is 28.6 Å². The van der Waals surface area contributed by atoms with Gasteiger partial charge in [0.1, 0.15) is 0 Å². The van der Waals surface area contributed by atoms with Crippen molar-refractivity contribution in [2.24, 2.45) is 28.6 Å². The molecule has 148 valence electrons. The van der Waals surface area contributed by atoms with Crippen LogP contribution in [0.4, 0.5) is 0 Å². The van der Waals surface area contributed by atoms with Crippen molar-refractivity contribution >= 4 is 22.7 Å². The number of allylic oxidation sites excluding steroid dienone is 1. The third kappa shape index (κ3) is 2.38. The largest absolute Gasteiger partial charge is 0.374 e. The van der Waals surface area contributed by atoms with Gasteiger partial charge in [-0.1, -0.05) is 31.2 Å². The average molecular weight is 389 g/mol. The third-order valence-electron chi connectivity index (χ3n) is 9.45. The van der Waals surface area contributed by atoms with Gasteiger partial charge < -0.3 is 4.74 Å². The second kappa shape index (κ2) is 5.95. The van der Waals surface area contributed by atoms with E-state index in [1.165, 1.54) is 37.7 Å². The molecule has 1 aliphatic heterocycles. The zero-order chi connectivity index (χ0) is 19.0. The number of rotatable bonds is 1. The van der Waals surface area contributed by atoms with Crippen molar-refractivity contribution in [1.29, 1.82) is 0 Å². The summed E-state index contributed by atoms with van der Waals surface area (Å²) >= 11 is 1.56. The van der Waals surface area contributed by atoms with Crippen LogP contribution < -0.4 is 0 Å². The van der Waals surface area contributed by atoms with Crippen LogP contribution in [0.3, 0.4) is 0 Å². The van der Waals surface area contributed by atoms with Crippen molar-refractivity contribution in [1.82, 2.24) is 0 Å². The van der Waals surface area contributed by atoms with E-state index in [2.05, 4.69) is 13.8 Å². The van der Waals surface area contributed by atoms with Crippen LogP contribution in [0.25, 0.3) is 0 Å². The summed E-state index contributed by atoms with van der Waals surface area (Å²) in [6.07, 6.45) is 10.7. The minimum atomic E-state index is 0.119. The minimum absolute atomic E-state index is 0.119. The lowest BCUT2D eigenvalue weighted by Gasteiger charge is -2.62. The van der Waals surface area contributed by atoms with E-state index in [9.17, 15) is 9.59 Å². The van der Waals surface area contributed by atoms with Gasteiger partial charge in [0.25, 0.3) is 0 Å². The van der Waals surface area contributed by atoms with Crippen LogP contribution in [0.5, 0.6) is 0 Å². The van der Waals surface area contributed by atoms with Crippen molar-refractivity contribution in [2.45, 2.75) is 83.0 Å². The highest BCUT2D eigenvalue weighted by atomic mass is 32.2. The molecule has 4 heteroatoms. The zero-order valence-electron chi connectivity index (χ0n) is 16.9. The molecule has 0 aromatic rings. The highest BCUT2D eigenvalue weighted by Crippen LogP contribution is 2.71. The summed E-state index contributed by atoms with van der Waals surface area (Å²) in [4.78, 5) is 24.3. The first-order chi connectivity index (χ1) is 12.8. The van der Waals surface area contributed by atoms with E-state index < -0.39 is 0 Å². The van der Waals surface area contributed by atoms with Crippen LogP contribution in [0.2, 0.25) is 0 Å². The van der Waals surface area contributed by atoms with Crippen molar-refractivity contribution in [3.05, 3.63) is 11.6 Å². The van der Waals surface area contributed by atoms with Gasteiger partial charge in [-0.3, -0.25) is 9.59 Å². The number of carbonyl (C=O) groups excluding carboxylic acids is 2. The molecule has 4 aliphatic carbocycles. The summed E-state index contributed by atoms with van der Waals surface area (Å²) in [5, 5.41) is 0.558. The van der Waals surface area contributed by atoms with Crippen LogP contribution in [-0.4, -0.2) is 28.4 Å². The Balaban J connectivity index is 1.56. The first-order valence-corrected chi connectivity index (χ1v) is 11.7. The first kappa shape index (κ1) is 18.4. The molecule has 3 saturated carbocycles. The number of fused-ring (bicyclic) bond motifs is 6. The SMILES string of the molecule is CC(=O)S[C@H]1CC2=CC(=O)CC[C@@]2(C)[C@H]2CC[C@]3(C)[C@@H](CC[C@@]34CCO4)[C@H]12. The number of thioether (sulfide) groups is 1. The monoisotopic (exact) mass is 388 g/mol. The molecular weight excluding hydrogens is 356 g/mol. The fourth-order valence-corrected chi connectivity index (χ4v) is 9.15. The van der Waals surface area contributed by atoms with E-state index in [1.807, 2.05) is 6.08 Å². The molecule has 0 aromatic heterocycles. The van der Waals surface area contributed by atoms with Gasteiger partial charge in [0.2, 0.25) is 0 Å². The van der Waals surface area contributed by atoms with Crippen molar-refractivity contribution in [3.8, 4) is 0 Å². The molecule has 0 N–H and O–H groups in total. The highest BCUT2D eigenvalue weighted by molar-refractivity contribution is 8.14. The quantitative estimate of drug-likeness (QED) is 0.638. The molecule has 7 atom stereocenters. The Kier molecular flexibility index (Phi) is 4.06. The van der Waals surface area contributed by atoms with Crippen LogP contribution >= 0.6 is 11.8 Å². The molecule has 1 heterocycles. The first-order valence-electron chi connectivity index (χ1n) is 10.8. The predicted molar refractivity (Wildman–Crippen MR) is 107 cm³/mol. The summed E-state index contributed by atoms with van der Waals surface area (Å²) < 4.78 is 6.26. The van der Waals surface area contributed by atoms with Crippen molar-refractivity contribution in [2.75, 3.05) is 6.61 Å². The third-order valence-corrected chi connectivity index (χ3v) is 10.6. The Bertz CT molecular complexity index is 723. The summed E-state index contributed by atoms with van der Waals surface area (Å²) in [5.41, 5.74) is 1.89. The molecule has 0 amide bonds. The zero-order valence-corrected chi connectivity index (χ0v) is 17.7. The maximum absolute atomic E-state index is 12.1. The molecule has 0 bridgehead atoms. The molecule has 1 spiro atoms. The number of carbonyl (C=O) groups is 2. The number of ketones is 1. The second-order valence-electron chi connectivity index (χ2n) is 10.3. The Hall–Kier alpha value is -0.610. The van der Waals surface area contributed by atoms with E-state index in [0.717, 1.165) is 19.4 Å². The lowest BCUT2D eigenvalue weighted by Crippen LogP contribution is -2.61. The summed E-state index contributed by atoms with van der Waals surface area (Å²) in [6, 6.07) is 0. The second-order valence-corrected chi connectivity index (χ2v) is 11.7. The predicted octanol–water partition coefficient (Wildman–Crippen LogP) is 4.94. The molecule has 1 saturated heterocycles. The standard InChI is InChI=1S/C23H32O3S/c1-14(24)27-19-13-15-12-16(25)4-7-21(15,2)17-5-8-22(3)18(20(17)19)6-9-23(22)10-11-26-23/h12,17-20H,4-11,13H2,1-3H3/t17-,18-,19-,20+,21+,22+,23+/m0/s1. The summed E-state index contributed by atoms with van der Waals surface area (Å²) in [7, 11) is 0. The lowest BCUT2D eigenvalue weighted by atomic mass is 9.46. The Morgan fingerprint density at radius 1 is 1.15 bits per heavy atom. The van der Waals surface area contributed by atoms with Gasteiger partial charge >= 0.3 is 0 Å². The number of hydrogen-bond donors (Lipinski definition) is 0. The summed E-state index contributed by atoms with van der Waals surface area (Å²) in [6.45, 7) is 7.55. The van der Waals surface area contributed by atoms with Crippen LogP contribution in [0.15, 0.2) is 11.6 Å². The molecule has 4 fully saturated rings. The Morgan fingerprint density at radius 2 is 1.89 bits per heavy atom. The lowest BCUT2D eigenvalue weighted by molar-refractivity contribution is -0.226. The van der Waals surface area contributed by atoms with Crippen LogP contribution in [0.1, 0.15) is 72.1 Å². The van der Waals surface area contributed by atoms with E-state index >= 15 is 0 Å². The molecule has 0 unspecified atom stereocenters. The Labute approximate surface area is 167 Å². The van der Waals surface area contributed by atoms with Gasteiger partial charge in [0.15, 0.2) is 10.9 Å². The van der Waals surface area contributed by atoms with E-state index in [1.54, 1.807) is 18.7 Å². The molecule has 5 rings (SSSR count). The van der Waals surface area contributed by atoms with Gasteiger partial charge in [-0.25, -0.2) is 0 Å². The van der Waals surface area contributed by atoms with Gasteiger partial charge in [-0.2, -0.15) is 0 Å². The molecule has 27 heavy (non-hydrogen) atoms. The molecule has 3 nitrogen and oxygen atoms in total. The van der Waals surface area contributed by atoms with Gasteiger partial charge in [0.05, 0.1) is 12.2 Å². The van der Waals surface area contributed by atoms with Gasteiger partial charge in [-0.15, -0.1) is 0 Å². The maximum Gasteiger partial charge on any atom is 0.186 e. The van der Waals surface area contributed by atoms with Gasteiger partial charge in [-0.05, 0) is 73.2 Å².